The van der Waals surface area contributed by atoms with E-state index in [0.717, 1.165) is 4.90 Å². The number of carbonyl (C=O) groups is 3. The van der Waals surface area contributed by atoms with Crippen LogP contribution in [0.4, 0.5) is 0 Å². The molecular formula is C18H18N2O5. The Morgan fingerprint density at radius 2 is 2.00 bits per heavy atom. The molecule has 1 aromatic carbocycles. The molecule has 0 fully saturated rings. The van der Waals surface area contributed by atoms with Gasteiger partial charge in [0.15, 0.2) is 0 Å². The number of nitrogens with zero attached hydrogens (tertiary/aromatic N) is 1. The first kappa shape index (κ1) is 16.9. The highest BCUT2D eigenvalue weighted by Gasteiger charge is 2.36. The minimum atomic E-state index is -0.426. The second kappa shape index (κ2) is 7.31. The highest BCUT2D eigenvalue weighted by Crippen LogP contribution is 2.25. The van der Waals surface area contributed by atoms with Gasteiger partial charge in [0.1, 0.15) is 5.76 Å². The Bertz CT molecular complexity index is 798. The van der Waals surface area contributed by atoms with Gasteiger partial charge in [0.2, 0.25) is 0 Å². The molecule has 7 heteroatoms. The fourth-order valence-corrected chi connectivity index (χ4v) is 2.65. The average Bonchev–Trinajstić information content (AvgIpc) is 3.21. The second-order valence-electron chi connectivity index (χ2n) is 5.64. The van der Waals surface area contributed by atoms with Crippen molar-refractivity contribution in [1.82, 2.24) is 10.2 Å². The van der Waals surface area contributed by atoms with Crippen LogP contribution in [-0.2, 0) is 11.3 Å². The predicted molar refractivity (Wildman–Crippen MR) is 88.2 cm³/mol. The molecule has 0 atom stereocenters. The topological polar surface area (TPSA) is 88.8 Å². The first-order valence-corrected chi connectivity index (χ1v) is 7.91. The molecule has 2 heterocycles. The minimum Gasteiger partial charge on any atom is -0.467 e. The van der Waals surface area contributed by atoms with E-state index in [0.29, 0.717) is 36.5 Å². The summed E-state index contributed by atoms with van der Waals surface area (Å²) < 4.78 is 10.1. The summed E-state index contributed by atoms with van der Waals surface area (Å²) in [7, 11) is 1.60. The molecule has 130 valence electrons. The van der Waals surface area contributed by atoms with Crippen LogP contribution >= 0.6 is 0 Å². The predicted octanol–water partition coefficient (Wildman–Crippen LogP) is 1.84. The summed E-state index contributed by atoms with van der Waals surface area (Å²) >= 11 is 0. The lowest BCUT2D eigenvalue weighted by atomic mass is 10.1. The quantitative estimate of drug-likeness (QED) is 0.613. The van der Waals surface area contributed by atoms with Gasteiger partial charge in [-0.15, -0.1) is 0 Å². The molecule has 0 bridgehead atoms. The van der Waals surface area contributed by atoms with E-state index in [1.54, 1.807) is 25.3 Å². The van der Waals surface area contributed by atoms with Crippen molar-refractivity contribution in [3.8, 4) is 0 Å². The van der Waals surface area contributed by atoms with Crippen molar-refractivity contribution in [3.63, 3.8) is 0 Å². The zero-order valence-electron chi connectivity index (χ0n) is 13.8. The summed E-state index contributed by atoms with van der Waals surface area (Å²) in [6, 6.07) is 7.92. The summed E-state index contributed by atoms with van der Waals surface area (Å²) in [5.74, 6) is -0.580. The fourth-order valence-electron chi connectivity index (χ4n) is 2.65. The van der Waals surface area contributed by atoms with E-state index in [9.17, 15) is 14.4 Å². The molecule has 3 amide bonds. The summed E-state index contributed by atoms with van der Waals surface area (Å²) in [4.78, 5) is 38.2. The van der Waals surface area contributed by atoms with E-state index in [4.69, 9.17) is 9.15 Å². The van der Waals surface area contributed by atoms with E-state index in [2.05, 4.69) is 5.32 Å². The Morgan fingerprint density at radius 3 is 2.72 bits per heavy atom. The summed E-state index contributed by atoms with van der Waals surface area (Å²) in [5, 5.41) is 2.75. The van der Waals surface area contributed by atoms with Crippen molar-refractivity contribution < 1.29 is 23.5 Å². The van der Waals surface area contributed by atoms with Crippen LogP contribution < -0.4 is 5.32 Å². The standard InChI is InChI=1S/C18H18N2O5/c1-24-8-3-7-19-16(21)12-5-6-14-15(10-12)18(23)20(17(14)22)11-13-4-2-9-25-13/h2,4-6,9-10H,3,7-8,11H2,1H3,(H,19,21). The molecule has 0 saturated heterocycles. The van der Waals surface area contributed by atoms with Crippen LogP contribution in [0.2, 0.25) is 0 Å². The van der Waals surface area contributed by atoms with E-state index < -0.39 is 5.91 Å². The van der Waals surface area contributed by atoms with Gasteiger partial charge in [-0.2, -0.15) is 0 Å². The number of methoxy groups -OCH3 is 1. The van der Waals surface area contributed by atoms with E-state index in [1.165, 1.54) is 18.4 Å². The maximum Gasteiger partial charge on any atom is 0.261 e. The zero-order chi connectivity index (χ0) is 17.8. The SMILES string of the molecule is COCCCNC(=O)c1ccc2c(c1)C(=O)N(Cc1ccco1)C2=O. The number of carbonyl (C=O) groups excluding carboxylic acids is 3. The number of nitrogens with one attached hydrogen (secondary N) is 1. The van der Waals surface area contributed by atoms with Gasteiger partial charge in [0.25, 0.3) is 17.7 Å². The molecule has 0 radical (unpaired) electrons. The minimum absolute atomic E-state index is 0.0674. The Labute approximate surface area is 144 Å². The maximum atomic E-state index is 12.5. The van der Waals surface area contributed by atoms with Gasteiger partial charge in [0.05, 0.1) is 23.9 Å². The molecule has 1 aromatic heterocycles. The third-order valence-electron chi connectivity index (χ3n) is 3.94. The van der Waals surface area contributed by atoms with Crippen molar-refractivity contribution in [3.05, 3.63) is 59.0 Å². The maximum absolute atomic E-state index is 12.5. The smallest absolute Gasteiger partial charge is 0.261 e. The van der Waals surface area contributed by atoms with Crippen molar-refractivity contribution >= 4 is 17.7 Å². The van der Waals surface area contributed by atoms with Crippen molar-refractivity contribution in [2.24, 2.45) is 0 Å². The molecule has 0 spiro atoms. The third kappa shape index (κ3) is 3.46. The van der Waals surface area contributed by atoms with Crippen molar-refractivity contribution in [2.75, 3.05) is 20.3 Å². The highest BCUT2D eigenvalue weighted by atomic mass is 16.5. The first-order valence-electron chi connectivity index (χ1n) is 7.91. The molecular weight excluding hydrogens is 324 g/mol. The van der Waals surface area contributed by atoms with Gasteiger partial charge in [-0.05, 0) is 36.8 Å². The lowest BCUT2D eigenvalue weighted by Gasteiger charge is -2.11. The van der Waals surface area contributed by atoms with Crippen LogP contribution in [0.1, 0.15) is 43.3 Å². The monoisotopic (exact) mass is 342 g/mol. The zero-order valence-corrected chi connectivity index (χ0v) is 13.8. The van der Waals surface area contributed by atoms with Crippen LogP contribution in [0.15, 0.2) is 41.0 Å². The number of hydrogen-bond donors (Lipinski definition) is 1. The molecule has 1 N–H and O–H groups in total. The van der Waals surface area contributed by atoms with Crippen LogP contribution in [-0.4, -0.2) is 42.9 Å². The molecule has 0 unspecified atom stereocenters. The average molecular weight is 342 g/mol. The number of furan rings is 1. The molecule has 2 aromatic rings. The first-order chi connectivity index (χ1) is 12.1. The van der Waals surface area contributed by atoms with E-state index in [1.807, 2.05) is 0 Å². The number of rotatable bonds is 7. The molecule has 7 nitrogen and oxygen atoms in total. The number of imide groups is 1. The number of amides is 3. The summed E-state index contributed by atoms with van der Waals surface area (Å²) in [6.45, 7) is 1.10. The van der Waals surface area contributed by atoms with E-state index >= 15 is 0 Å². The van der Waals surface area contributed by atoms with Crippen molar-refractivity contribution in [2.45, 2.75) is 13.0 Å². The normalized spacial score (nSPS) is 13.2. The number of ether oxygens (including phenoxy) is 1. The van der Waals surface area contributed by atoms with Crippen molar-refractivity contribution in [1.29, 1.82) is 0 Å². The molecule has 1 aliphatic heterocycles. The lowest BCUT2D eigenvalue weighted by Crippen LogP contribution is -2.28. The van der Waals surface area contributed by atoms with Gasteiger partial charge in [-0.25, -0.2) is 0 Å². The second-order valence-corrected chi connectivity index (χ2v) is 5.64. The van der Waals surface area contributed by atoms with Crippen LogP contribution in [0.25, 0.3) is 0 Å². The third-order valence-corrected chi connectivity index (χ3v) is 3.94. The number of benzene rings is 1. The van der Waals surface area contributed by atoms with E-state index in [-0.39, 0.29) is 23.9 Å². The molecule has 0 aliphatic carbocycles. The molecule has 1 aliphatic rings. The molecule has 3 rings (SSSR count). The van der Waals surface area contributed by atoms with Crippen LogP contribution in [0, 0.1) is 0 Å². The lowest BCUT2D eigenvalue weighted by molar-refractivity contribution is 0.0631. The Hall–Kier alpha value is -2.93. The number of hydrogen-bond acceptors (Lipinski definition) is 5. The fraction of sp³-hybridized carbons (Fsp3) is 0.278. The molecule has 0 saturated carbocycles. The van der Waals surface area contributed by atoms with Gasteiger partial charge < -0.3 is 14.5 Å². The van der Waals surface area contributed by atoms with Gasteiger partial charge in [-0.1, -0.05) is 0 Å². The Morgan fingerprint density at radius 1 is 1.20 bits per heavy atom. The molecule has 25 heavy (non-hydrogen) atoms. The Kier molecular flexibility index (Phi) is 4.95. The van der Waals surface area contributed by atoms with Crippen LogP contribution in [0.5, 0.6) is 0 Å². The summed E-state index contributed by atoms with van der Waals surface area (Å²) in [5.41, 5.74) is 0.880. The highest BCUT2D eigenvalue weighted by molar-refractivity contribution is 6.21. The van der Waals surface area contributed by atoms with Crippen LogP contribution in [0.3, 0.4) is 0 Å². The van der Waals surface area contributed by atoms with Gasteiger partial charge in [0, 0.05) is 25.8 Å². The summed E-state index contributed by atoms with van der Waals surface area (Å²) in [6.07, 6.45) is 2.18. The number of fused-ring (bicyclic) bond motifs is 1. The van der Waals surface area contributed by atoms with Gasteiger partial charge in [-0.3, -0.25) is 19.3 Å². The Balaban J connectivity index is 1.73. The van der Waals surface area contributed by atoms with Gasteiger partial charge >= 0.3 is 0 Å². The largest absolute Gasteiger partial charge is 0.467 e.